The summed E-state index contributed by atoms with van der Waals surface area (Å²) in [7, 11) is 0. The third-order valence-corrected chi connectivity index (χ3v) is 15.0. The zero-order chi connectivity index (χ0) is 59.9. The van der Waals surface area contributed by atoms with Crippen LogP contribution in [0.5, 0.6) is 0 Å². The van der Waals surface area contributed by atoms with E-state index in [4.69, 9.17) is 14.2 Å². The Balaban J connectivity index is 4.18. The van der Waals surface area contributed by atoms with Crippen molar-refractivity contribution in [2.45, 2.75) is 335 Å². The highest BCUT2D eigenvalue weighted by atomic mass is 16.6. The second kappa shape index (κ2) is 70.3. The molecule has 0 saturated heterocycles. The van der Waals surface area contributed by atoms with Gasteiger partial charge in [-0.15, -0.1) is 0 Å². The summed E-state index contributed by atoms with van der Waals surface area (Å²) >= 11 is 0. The molecule has 0 amide bonds. The topological polar surface area (TPSA) is 78.9 Å². The van der Waals surface area contributed by atoms with E-state index in [0.29, 0.717) is 19.3 Å². The van der Waals surface area contributed by atoms with Crippen molar-refractivity contribution in [3.05, 3.63) is 122 Å². The summed E-state index contributed by atoms with van der Waals surface area (Å²) in [6.45, 7) is 6.33. The standard InChI is InChI=1S/C77H130O6/c1-4-7-10-13-16-19-22-25-28-29-30-31-32-33-34-35-36-37-38-39-40-41-42-43-44-45-46-47-50-52-55-58-61-64-67-70-76(79)82-73-74(83-77(80)71-68-65-62-59-56-53-49-27-24-21-18-15-12-9-6-3)72-81-75(78)69-66-63-60-57-54-51-48-26-23-20-17-14-11-8-5-2/h8-9,11-12,17-18,20-22,25-27,29-30,48-49,56,59,65,68,74H,4-7,10,13-16,19,23-24,28,31-47,50-55,57-58,60-64,66-67,69-73H2,1-3H3/b11-8-,12-9-,20-17-,21-18-,25-22-,30-29-,48-26-,49-27-,59-56-,68-65-. The lowest BCUT2D eigenvalue weighted by atomic mass is 10.0. The fourth-order valence-electron chi connectivity index (χ4n) is 9.80. The number of allylic oxidation sites excluding steroid dienone is 19. The lowest BCUT2D eigenvalue weighted by molar-refractivity contribution is -0.166. The Morgan fingerprint density at radius 2 is 0.506 bits per heavy atom. The summed E-state index contributed by atoms with van der Waals surface area (Å²) in [4.78, 5) is 38.3. The number of hydrogen-bond donors (Lipinski definition) is 0. The average Bonchev–Trinajstić information content (AvgIpc) is 3.50. The molecule has 6 heteroatoms. The van der Waals surface area contributed by atoms with Crippen LogP contribution in [0.1, 0.15) is 329 Å². The van der Waals surface area contributed by atoms with Crippen molar-refractivity contribution in [3.63, 3.8) is 0 Å². The summed E-state index contributed by atoms with van der Waals surface area (Å²) in [6, 6.07) is 0. The van der Waals surface area contributed by atoms with Crippen molar-refractivity contribution in [2.75, 3.05) is 13.2 Å². The smallest absolute Gasteiger partial charge is 0.310 e. The van der Waals surface area contributed by atoms with Crippen LogP contribution in [-0.4, -0.2) is 37.2 Å². The molecule has 0 aliphatic heterocycles. The number of hydrogen-bond acceptors (Lipinski definition) is 6. The zero-order valence-electron chi connectivity index (χ0n) is 54.4. The van der Waals surface area contributed by atoms with Crippen molar-refractivity contribution in [3.8, 4) is 0 Å². The Kier molecular flexibility index (Phi) is 66.7. The minimum atomic E-state index is -0.842. The van der Waals surface area contributed by atoms with Gasteiger partial charge in [-0.3, -0.25) is 14.4 Å². The van der Waals surface area contributed by atoms with Gasteiger partial charge < -0.3 is 14.2 Å². The number of carbonyl (C=O) groups excluding carboxylic acids is 3. The van der Waals surface area contributed by atoms with Gasteiger partial charge >= 0.3 is 17.9 Å². The maximum Gasteiger partial charge on any atom is 0.310 e. The lowest BCUT2D eigenvalue weighted by Gasteiger charge is -2.18. The maximum atomic E-state index is 12.8. The Morgan fingerprint density at radius 3 is 0.795 bits per heavy atom. The van der Waals surface area contributed by atoms with E-state index in [9.17, 15) is 14.4 Å². The van der Waals surface area contributed by atoms with Crippen molar-refractivity contribution in [1.29, 1.82) is 0 Å². The normalized spacial score (nSPS) is 12.9. The van der Waals surface area contributed by atoms with Crippen LogP contribution in [0.15, 0.2) is 122 Å². The van der Waals surface area contributed by atoms with Crippen LogP contribution in [0.25, 0.3) is 0 Å². The number of carbonyl (C=O) groups is 3. The van der Waals surface area contributed by atoms with Gasteiger partial charge in [-0.1, -0.05) is 322 Å². The highest BCUT2D eigenvalue weighted by molar-refractivity contribution is 5.72. The molecule has 0 bridgehead atoms. The maximum absolute atomic E-state index is 12.8. The van der Waals surface area contributed by atoms with E-state index in [1.165, 1.54) is 173 Å². The molecule has 0 fully saturated rings. The van der Waals surface area contributed by atoms with E-state index in [2.05, 4.69) is 130 Å². The lowest BCUT2D eigenvalue weighted by Crippen LogP contribution is -2.30. The second-order valence-electron chi connectivity index (χ2n) is 23.0. The number of unbranched alkanes of at least 4 members (excludes halogenated alkanes) is 33. The van der Waals surface area contributed by atoms with Crippen LogP contribution in [-0.2, 0) is 28.6 Å². The molecule has 0 aliphatic carbocycles. The van der Waals surface area contributed by atoms with E-state index in [0.717, 1.165) is 109 Å². The average molecular weight is 1150 g/mol. The van der Waals surface area contributed by atoms with E-state index in [1.807, 2.05) is 6.08 Å². The van der Waals surface area contributed by atoms with Crippen molar-refractivity contribution >= 4 is 17.9 Å². The van der Waals surface area contributed by atoms with Gasteiger partial charge in [-0.05, 0) is 109 Å². The molecule has 0 radical (unpaired) electrons. The van der Waals surface area contributed by atoms with Crippen LogP contribution < -0.4 is 0 Å². The van der Waals surface area contributed by atoms with E-state index < -0.39 is 12.1 Å². The molecule has 0 aromatic rings. The molecule has 0 spiro atoms. The SMILES string of the molecule is CC/C=C\C/C=C\C/C=C\C/C=C\C/C=C\CC(=O)OC(COC(=O)CCCCCCC/C=C\C/C=C\C/C=C\CC)COC(=O)CCCCCCCCCCCCCCCCCCCCCCCCC/C=C\C/C=C\CCCCCCC. The zero-order valence-corrected chi connectivity index (χ0v) is 54.4. The first-order chi connectivity index (χ1) is 41.0. The van der Waals surface area contributed by atoms with Crippen LogP contribution in [0.2, 0.25) is 0 Å². The third-order valence-electron chi connectivity index (χ3n) is 15.0. The number of ether oxygens (including phenoxy) is 3. The molecule has 474 valence electrons. The van der Waals surface area contributed by atoms with Crippen LogP contribution in [0, 0.1) is 0 Å². The van der Waals surface area contributed by atoms with E-state index in [-0.39, 0.29) is 31.6 Å². The van der Waals surface area contributed by atoms with Gasteiger partial charge in [0.1, 0.15) is 13.2 Å². The Hall–Kier alpha value is -4.19. The third kappa shape index (κ3) is 68.5. The Morgan fingerprint density at radius 1 is 0.265 bits per heavy atom. The molecule has 0 heterocycles. The minimum Gasteiger partial charge on any atom is -0.462 e. The predicted molar refractivity (Wildman–Crippen MR) is 362 cm³/mol. The predicted octanol–water partition coefficient (Wildman–Crippen LogP) is 24.3. The molecule has 0 aromatic heterocycles. The first-order valence-corrected chi connectivity index (χ1v) is 35.0. The van der Waals surface area contributed by atoms with Crippen LogP contribution in [0.4, 0.5) is 0 Å². The Bertz CT molecular complexity index is 1700. The van der Waals surface area contributed by atoms with E-state index in [1.54, 1.807) is 6.08 Å². The molecule has 0 aromatic carbocycles. The molecular formula is C77H130O6. The van der Waals surface area contributed by atoms with Gasteiger partial charge in [-0.25, -0.2) is 0 Å². The first kappa shape index (κ1) is 78.8. The van der Waals surface area contributed by atoms with Crippen molar-refractivity contribution in [2.24, 2.45) is 0 Å². The van der Waals surface area contributed by atoms with E-state index >= 15 is 0 Å². The fourth-order valence-corrected chi connectivity index (χ4v) is 9.80. The van der Waals surface area contributed by atoms with Crippen LogP contribution in [0.3, 0.4) is 0 Å². The van der Waals surface area contributed by atoms with Gasteiger partial charge in [0.05, 0.1) is 6.42 Å². The summed E-state index contributed by atoms with van der Waals surface area (Å²) < 4.78 is 16.8. The van der Waals surface area contributed by atoms with Gasteiger partial charge in [-0.2, -0.15) is 0 Å². The van der Waals surface area contributed by atoms with Gasteiger partial charge in [0.15, 0.2) is 6.10 Å². The number of rotatable bonds is 63. The number of esters is 3. The quantitative estimate of drug-likeness (QED) is 0.0261. The summed E-state index contributed by atoms with van der Waals surface area (Å²) in [5, 5.41) is 0. The summed E-state index contributed by atoms with van der Waals surface area (Å²) in [6.07, 6.45) is 98.5. The first-order valence-electron chi connectivity index (χ1n) is 35.0. The Labute approximate surface area is 513 Å². The molecular weight excluding hydrogens is 1020 g/mol. The minimum absolute atomic E-state index is 0.0911. The molecule has 1 atom stereocenters. The van der Waals surface area contributed by atoms with Crippen LogP contribution >= 0.6 is 0 Å². The molecule has 0 aliphatic rings. The van der Waals surface area contributed by atoms with Gasteiger partial charge in [0.2, 0.25) is 0 Å². The molecule has 0 saturated carbocycles. The molecule has 6 nitrogen and oxygen atoms in total. The molecule has 83 heavy (non-hydrogen) atoms. The molecule has 0 N–H and O–H groups in total. The van der Waals surface area contributed by atoms with Crippen molar-refractivity contribution < 1.29 is 28.6 Å². The molecule has 0 rings (SSSR count). The fraction of sp³-hybridized carbons (Fsp3) is 0.701. The molecule has 1 unspecified atom stereocenters. The summed E-state index contributed by atoms with van der Waals surface area (Å²) in [5.74, 6) is -1.06. The largest absolute Gasteiger partial charge is 0.462 e. The van der Waals surface area contributed by atoms with Crippen molar-refractivity contribution in [1.82, 2.24) is 0 Å². The summed E-state index contributed by atoms with van der Waals surface area (Å²) in [5.41, 5.74) is 0. The van der Waals surface area contributed by atoms with Gasteiger partial charge in [0, 0.05) is 12.8 Å². The second-order valence-corrected chi connectivity index (χ2v) is 23.0. The van der Waals surface area contributed by atoms with Gasteiger partial charge in [0.25, 0.3) is 0 Å². The highest BCUT2D eigenvalue weighted by Gasteiger charge is 2.19. The monoisotopic (exact) mass is 1150 g/mol. The highest BCUT2D eigenvalue weighted by Crippen LogP contribution is 2.17.